The SMILES string of the molecule is CNCc1cnc(CC(C)OC)nc1C(F)F. The van der Waals surface area contributed by atoms with Gasteiger partial charge in [-0.3, -0.25) is 0 Å². The van der Waals surface area contributed by atoms with Crippen LogP contribution in [-0.2, 0) is 17.7 Å². The number of methoxy groups -OCH3 is 1. The minimum atomic E-state index is -2.59. The summed E-state index contributed by atoms with van der Waals surface area (Å²) in [6, 6.07) is 0. The molecular weight excluding hydrogens is 228 g/mol. The lowest BCUT2D eigenvalue weighted by atomic mass is 10.2. The molecule has 1 aromatic rings. The Morgan fingerprint density at radius 1 is 1.47 bits per heavy atom. The lowest BCUT2D eigenvalue weighted by molar-refractivity contribution is 0.115. The number of rotatable bonds is 6. The van der Waals surface area contributed by atoms with Crippen LogP contribution in [0.5, 0.6) is 0 Å². The quantitative estimate of drug-likeness (QED) is 0.828. The van der Waals surface area contributed by atoms with Crippen molar-refractivity contribution in [3.63, 3.8) is 0 Å². The van der Waals surface area contributed by atoms with Crippen LogP contribution in [0, 0.1) is 0 Å². The van der Waals surface area contributed by atoms with E-state index in [4.69, 9.17) is 4.74 Å². The molecule has 0 fully saturated rings. The zero-order valence-electron chi connectivity index (χ0n) is 10.2. The number of nitrogens with zero attached hydrogens (tertiary/aromatic N) is 2. The predicted octanol–water partition coefficient (Wildman–Crippen LogP) is 1.71. The van der Waals surface area contributed by atoms with Crippen LogP contribution in [-0.4, -0.2) is 30.2 Å². The van der Waals surface area contributed by atoms with E-state index in [0.29, 0.717) is 24.4 Å². The summed E-state index contributed by atoms with van der Waals surface area (Å²) in [6.45, 7) is 2.17. The van der Waals surface area contributed by atoms with Gasteiger partial charge in [-0.05, 0) is 14.0 Å². The Kier molecular flexibility index (Phi) is 5.37. The largest absolute Gasteiger partial charge is 0.381 e. The predicted molar refractivity (Wildman–Crippen MR) is 59.9 cm³/mol. The van der Waals surface area contributed by atoms with Crippen LogP contribution in [0.3, 0.4) is 0 Å². The van der Waals surface area contributed by atoms with Gasteiger partial charge in [0.15, 0.2) is 0 Å². The summed E-state index contributed by atoms with van der Waals surface area (Å²) in [4.78, 5) is 7.96. The maximum Gasteiger partial charge on any atom is 0.280 e. The fourth-order valence-corrected chi connectivity index (χ4v) is 1.41. The number of nitrogens with one attached hydrogen (secondary N) is 1. The fourth-order valence-electron chi connectivity index (χ4n) is 1.41. The monoisotopic (exact) mass is 245 g/mol. The summed E-state index contributed by atoms with van der Waals surface area (Å²) >= 11 is 0. The van der Waals surface area contributed by atoms with E-state index in [1.165, 1.54) is 6.20 Å². The van der Waals surface area contributed by atoms with Crippen LogP contribution < -0.4 is 5.32 Å². The normalized spacial score (nSPS) is 13.1. The van der Waals surface area contributed by atoms with Crippen molar-refractivity contribution < 1.29 is 13.5 Å². The molecule has 17 heavy (non-hydrogen) atoms. The molecule has 1 rings (SSSR count). The second-order valence-corrected chi connectivity index (χ2v) is 3.78. The van der Waals surface area contributed by atoms with Crippen molar-refractivity contribution in [1.29, 1.82) is 0 Å². The fraction of sp³-hybridized carbons (Fsp3) is 0.636. The number of hydrogen-bond acceptors (Lipinski definition) is 4. The third kappa shape index (κ3) is 3.98. The number of aromatic nitrogens is 2. The maximum absolute atomic E-state index is 12.8. The van der Waals surface area contributed by atoms with Crippen molar-refractivity contribution >= 4 is 0 Å². The first-order valence-corrected chi connectivity index (χ1v) is 5.38. The van der Waals surface area contributed by atoms with Gasteiger partial charge in [0, 0.05) is 31.8 Å². The van der Waals surface area contributed by atoms with Gasteiger partial charge in [-0.15, -0.1) is 0 Å². The summed E-state index contributed by atoms with van der Waals surface area (Å²) in [7, 11) is 3.25. The average molecular weight is 245 g/mol. The molecule has 0 aliphatic carbocycles. The van der Waals surface area contributed by atoms with E-state index in [2.05, 4.69) is 15.3 Å². The van der Waals surface area contributed by atoms with Crippen molar-refractivity contribution in [2.45, 2.75) is 32.4 Å². The first kappa shape index (κ1) is 13.9. The van der Waals surface area contributed by atoms with Gasteiger partial charge in [-0.1, -0.05) is 0 Å². The van der Waals surface area contributed by atoms with Crippen LogP contribution in [0.25, 0.3) is 0 Å². The second kappa shape index (κ2) is 6.56. The molecule has 96 valence electrons. The summed E-state index contributed by atoms with van der Waals surface area (Å²) in [5.41, 5.74) is 0.226. The Morgan fingerprint density at radius 2 is 2.18 bits per heavy atom. The zero-order chi connectivity index (χ0) is 12.8. The van der Waals surface area contributed by atoms with Crippen molar-refractivity contribution in [3.05, 3.63) is 23.3 Å². The lowest BCUT2D eigenvalue weighted by Crippen LogP contribution is -2.15. The Balaban J connectivity index is 2.92. The van der Waals surface area contributed by atoms with E-state index in [1.807, 2.05) is 6.92 Å². The van der Waals surface area contributed by atoms with Gasteiger partial charge in [0.1, 0.15) is 11.5 Å². The number of hydrogen-bond donors (Lipinski definition) is 1. The molecule has 4 nitrogen and oxygen atoms in total. The minimum absolute atomic E-state index is 0.0873. The van der Waals surface area contributed by atoms with E-state index in [9.17, 15) is 8.78 Å². The van der Waals surface area contributed by atoms with E-state index >= 15 is 0 Å². The van der Waals surface area contributed by atoms with Crippen LogP contribution in [0.4, 0.5) is 8.78 Å². The Morgan fingerprint density at radius 3 is 2.71 bits per heavy atom. The Hall–Kier alpha value is -1.14. The molecule has 1 aromatic heterocycles. The van der Waals surface area contributed by atoms with E-state index in [-0.39, 0.29) is 11.8 Å². The van der Waals surface area contributed by atoms with Gasteiger partial charge in [0.25, 0.3) is 6.43 Å². The molecule has 0 saturated heterocycles. The summed E-state index contributed by atoms with van der Waals surface area (Å²) in [5.74, 6) is 0.384. The van der Waals surface area contributed by atoms with Gasteiger partial charge in [-0.2, -0.15) is 0 Å². The van der Waals surface area contributed by atoms with Crippen molar-refractivity contribution in [3.8, 4) is 0 Å². The molecule has 0 radical (unpaired) electrons. The molecule has 1 unspecified atom stereocenters. The summed E-state index contributed by atoms with van der Waals surface area (Å²) in [6.07, 6.45) is -0.799. The first-order valence-electron chi connectivity index (χ1n) is 5.38. The highest BCUT2D eigenvalue weighted by molar-refractivity contribution is 5.19. The van der Waals surface area contributed by atoms with Crippen LogP contribution >= 0.6 is 0 Å². The molecule has 0 spiro atoms. The number of halogens is 2. The van der Waals surface area contributed by atoms with E-state index < -0.39 is 6.43 Å². The molecule has 1 heterocycles. The number of ether oxygens (including phenoxy) is 1. The standard InChI is InChI=1S/C11H17F2N3O/c1-7(17-3)4-9-15-6-8(5-14-2)10(16-9)11(12)13/h6-7,11,14H,4-5H2,1-3H3. The smallest absolute Gasteiger partial charge is 0.280 e. The molecule has 0 aromatic carbocycles. The molecule has 1 atom stereocenters. The lowest BCUT2D eigenvalue weighted by Gasteiger charge is -2.11. The van der Waals surface area contributed by atoms with Crippen LogP contribution in [0.15, 0.2) is 6.20 Å². The molecule has 6 heteroatoms. The third-order valence-corrected chi connectivity index (χ3v) is 2.39. The van der Waals surface area contributed by atoms with E-state index in [1.54, 1.807) is 14.2 Å². The highest BCUT2D eigenvalue weighted by atomic mass is 19.3. The zero-order valence-corrected chi connectivity index (χ0v) is 10.2. The minimum Gasteiger partial charge on any atom is -0.381 e. The van der Waals surface area contributed by atoms with Crippen LogP contribution in [0.1, 0.15) is 30.4 Å². The first-order chi connectivity index (χ1) is 8.08. The molecule has 0 amide bonds. The van der Waals surface area contributed by atoms with Crippen LogP contribution in [0.2, 0.25) is 0 Å². The van der Waals surface area contributed by atoms with E-state index in [0.717, 1.165) is 0 Å². The molecule has 1 N–H and O–H groups in total. The van der Waals surface area contributed by atoms with Gasteiger partial charge in [-0.25, -0.2) is 18.7 Å². The highest BCUT2D eigenvalue weighted by Crippen LogP contribution is 2.20. The maximum atomic E-state index is 12.8. The topological polar surface area (TPSA) is 47.0 Å². The third-order valence-electron chi connectivity index (χ3n) is 2.39. The summed E-state index contributed by atoms with van der Waals surface area (Å²) in [5, 5.41) is 2.81. The van der Waals surface area contributed by atoms with Crippen molar-refractivity contribution in [2.75, 3.05) is 14.2 Å². The second-order valence-electron chi connectivity index (χ2n) is 3.78. The summed E-state index contributed by atoms with van der Waals surface area (Å²) < 4.78 is 30.7. The molecule has 0 aliphatic rings. The Labute approximate surface area is 99.4 Å². The Bertz CT molecular complexity index is 361. The molecule has 0 aliphatic heterocycles. The van der Waals surface area contributed by atoms with Crippen molar-refractivity contribution in [2.24, 2.45) is 0 Å². The van der Waals surface area contributed by atoms with Gasteiger partial charge in [0.2, 0.25) is 0 Å². The van der Waals surface area contributed by atoms with Gasteiger partial charge < -0.3 is 10.1 Å². The van der Waals surface area contributed by atoms with Gasteiger partial charge in [0.05, 0.1) is 6.10 Å². The highest BCUT2D eigenvalue weighted by Gasteiger charge is 2.16. The van der Waals surface area contributed by atoms with Gasteiger partial charge >= 0.3 is 0 Å². The average Bonchev–Trinajstić information content (AvgIpc) is 2.31. The molecule has 0 bridgehead atoms. The number of alkyl halides is 2. The molecular formula is C11H17F2N3O. The van der Waals surface area contributed by atoms with Crippen molar-refractivity contribution in [1.82, 2.24) is 15.3 Å². The molecule has 0 saturated carbocycles.